The molecular weight excluding hydrogens is 264 g/mol. The highest BCUT2D eigenvalue weighted by Crippen LogP contribution is 2.27. The fourth-order valence-electron chi connectivity index (χ4n) is 2.24. The van der Waals surface area contributed by atoms with E-state index in [1.807, 2.05) is 26.0 Å². The van der Waals surface area contributed by atoms with E-state index in [-0.39, 0.29) is 12.1 Å². The molecule has 0 bridgehead atoms. The molecule has 2 N–H and O–H groups in total. The van der Waals surface area contributed by atoms with Crippen LogP contribution in [-0.4, -0.2) is 25.3 Å². The fraction of sp³-hybridized carbons (Fsp3) is 0.500. The molecule has 5 heteroatoms. The van der Waals surface area contributed by atoms with Gasteiger partial charge in [0.2, 0.25) is 0 Å². The molecule has 1 aliphatic heterocycles. The van der Waals surface area contributed by atoms with Gasteiger partial charge in [0.1, 0.15) is 0 Å². The number of anilines is 1. The molecule has 1 atom stereocenters. The Bertz CT molecular complexity index is 448. The number of benzene rings is 1. The predicted octanol–water partition coefficient (Wildman–Crippen LogP) is 3.26. The SMILES string of the molecule is Cc1cc(C)c(NC(=O)NC[C@@H]2CCCO2)c(Cl)c1. The van der Waals surface area contributed by atoms with Gasteiger partial charge in [0.25, 0.3) is 0 Å². The van der Waals surface area contributed by atoms with Crippen molar-refractivity contribution in [1.82, 2.24) is 5.32 Å². The Morgan fingerprint density at radius 3 is 2.89 bits per heavy atom. The molecule has 0 saturated carbocycles. The summed E-state index contributed by atoms with van der Waals surface area (Å²) in [6, 6.07) is 3.58. The maximum absolute atomic E-state index is 11.8. The Kier molecular flexibility index (Phi) is 4.66. The summed E-state index contributed by atoms with van der Waals surface area (Å²) in [5.74, 6) is 0. The van der Waals surface area contributed by atoms with Gasteiger partial charge in [0.15, 0.2) is 0 Å². The molecule has 2 rings (SSSR count). The lowest BCUT2D eigenvalue weighted by molar-refractivity contribution is 0.112. The summed E-state index contributed by atoms with van der Waals surface area (Å²) in [7, 11) is 0. The van der Waals surface area contributed by atoms with Crippen molar-refractivity contribution in [3.8, 4) is 0 Å². The average molecular weight is 283 g/mol. The van der Waals surface area contributed by atoms with Gasteiger partial charge in [-0.3, -0.25) is 0 Å². The van der Waals surface area contributed by atoms with Crippen LogP contribution in [0.3, 0.4) is 0 Å². The summed E-state index contributed by atoms with van der Waals surface area (Å²) in [6.45, 7) is 5.22. The lowest BCUT2D eigenvalue weighted by Crippen LogP contribution is -2.35. The summed E-state index contributed by atoms with van der Waals surface area (Å²) in [4.78, 5) is 11.8. The van der Waals surface area contributed by atoms with Gasteiger partial charge < -0.3 is 15.4 Å². The summed E-state index contributed by atoms with van der Waals surface area (Å²) in [5, 5.41) is 6.16. The Balaban J connectivity index is 1.91. The summed E-state index contributed by atoms with van der Waals surface area (Å²) in [6.07, 6.45) is 2.21. The van der Waals surface area contributed by atoms with Crippen molar-refractivity contribution in [3.63, 3.8) is 0 Å². The van der Waals surface area contributed by atoms with Crippen LogP contribution in [0.25, 0.3) is 0 Å². The van der Waals surface area contributed by atoms with Gasteiger partial charge in [-0.2, -0.15) is 0 Å². The van der Waals surface area contributed by atoms with Crippen LogP contribution in [0.5, 0.6) is 0 Å². The maximum Gasteiger partial charge on any atom is 0.319 e. The first kappa shape index (κ1) is 14.2. The Labute approximate surface area is 118 Å². The van der Waals surface area contributed by atoms with E-state index in [9.17, 15) is 4.79 Å². The zero-order valence-electron chi connectivity index (χ0n) is 11.3. The van der Waals surface area contributed by atoms with Crippen molar-refractivity contribution >= 4 is 23.3 Å². The number of rotatable bonds is 3. The minimum absolute atomic E-state index is 0.139. The van der Waals surface area contributed by atoms with Gasteiger partial charge in [-0.1, -0.05) is 17.7 Å². The predicted molar refractivity (Wildman–Crippen MR) is 76.9 cm³/mol. The van der Waals surface area contributed by atoms with Crippen molar-refractivity contribution in [1.29, 1.82) is 0 Å². The van der Waals surface area contributed by atoms with Crippen LogP contribution in [0.2, 0.25) is 5.02 Å². The van der Waals surface area contributed by atoms with Crippen LogP contribution in [0.1, 0.15) is 24.0 Å². The van der Waals surface area contributed by atoms with Crippen molar-refractivity contribution < 1.29 is 9.53 Å². The van der Waals surface area contributed by atoms with E-state index in [0.29, 0.717) is 17.3 Å². The molecule has 1 saturated heterocycles. The molecule has 0 spiro atoms. The molecule has 1 aromatic rings. The van der Waals surface area contributed by atoms with Crippen LogP contribution >= 0.6 is 11.6 Å². The van der Waals surface area contributed by atoms with Crippen LogP contribution in [-0.2, 0) is 4.74 Å². The number of ether oxygens (including phenoxy) is 1. The third kappa shape index (κ3) is 3.85. The number of hydrogen-bond donors (Lipinski definition) is 2. The second-order valence-electron chi connectivity index (χ2n) is 4.91. The number of aryl methyl sites for hydroxylation is 2. The minimum atomic E-state index is -0.246. The van der Waals surface area contributed by atoms with Gasteiger partial charge in [-0.05, 0) is 43.9 Å². The normalized spacial score (nSPS) is 18.4. The highest BCUT2D eigenvalue weighted by atomic mass is 35.5. The number of urea groups is 1. The third-order valence-electron chi connectivity index (χ3n) is 3.18. The molecule has 2 amide bonds. The molecule has 104 valence electrons. The zero-order chi connectivity index (χ0) is 13.8. The van der Waals surface area contributed by atoms with E-state index in [1.54, 1.807) is 0 Å². The molecule has 1 aromatic carbocycles. The highest BCUT2D eigenvalue weighted by molar-refractivity contribution is 6.34. The quantitative estimate of drug-likeness (QED) is 0.894. The van der Waals surface area contributed by atoms with Crippen LogP contribution in [0, 0.1) is 13.8 Å². The molecule has 19 heavy (non-hydrogen) atoms. The number of nitrogens with one attached hydrogen (secondary N) is 2. The molecule has 0 aromatic heterocycles. The zero-order valence-corrected chi connectivity index (χ0v) is 12.0. The molecule has 0 unspecified atom stereocenters. The Hall–Kier alpha value is -1.26. The number of carbonyl (C=O) groups excluding carboxylic acids is 1. The van der Waals surface area contributed by atoms with E-state index in [2.05, 4.69) is 10.6 Å². The highest BCUT2D eigenvalue weighted by Gasteiger charge is 2.16. The number of amides is 2. The van der Waals surface area contributed by atoms with Crippen molar-refractivity contribution in [2.45, 2.75) is 32.8 Å². The average Bonchev–Trinajstić information content (AvgIpc) is 2.84. The van der Waals surface area contributed by atoms with E-state index in [0.717, 1.165) is 30.6 Å². The van der Waals surface area contributed by atoms with E-state index >= 15 is 0 Å². The van der Waals surface area contributed by atoms with Gasteiger partial charge in [0, 0.05) is 13.2 Å². The number of halogens is 1. The first-order valence-corrected chi connectivity index (χ1v) is 6.87. The van der Waals surface area contributed by atoms with E-state index < -0.39 is 0 Å². The van der Waals surface area contributed by atoms with Crippen LogP contribution in [0.15, 0.2) is 12.1 Å². The smallest absolute Gasteiger partial charge is 0.319 e. The second-order valence-corrected chi connectivity index (χ2v) is 5.32. The number of carbonyl (C=O) groups is 1. The molecule has 4 nitrogen and oxygen atoms in total. The third-order valence-corrected chi connectivity index (χ3v) is 3.48. The lowest BCUT2D eigenvalue weighted by Gasteiger charge is -2.14. The summed E-state index contributed by atoms with van der Waals surface area (Å²) < 4.78 is 5.45. The standard InChI is InChI=1S/C14H19ClN2O2/c1-9-6-10(2)13(12(15)7-9)17-14(18)16-8-11-4-3-5-19-11/h6-7,11H,3-5,8H2,1-2H3,(H2,16,17,18)/t11-/m0/s1. The molecule has 0 radical (unpaired) electrons. The molecule has 0 aliphatic carbocycles. The van der Waals surface area contributed by atoms with Crippen molar-refractivity contribution in [2.75, 3.05) is 18.5 Å². The molecule has 1 aliphatic rings. The van der Waals surface area contributed by atoms with Crippen molar-refractivity contribution in [2.24, 2.45) is 0 Å². The van der Waals surface area contributed by atoms with E-state index in [4.69, 9.17) is 16.3 Å². The maximum atomic E-state index is 11.8. The first-order valence-electron chi connectivity index (χ1n) is 6.49. The topological polar surface area (TPSA) is 50.4 Å². The lowest BCUT2D eigenvalue weighted by atomic mass is 10.1. The minimum Gasteiger partial charge on any atom is -0.376 e. The van der Waals surface area contributed by atoms with Crippen LogP contribution < -0.4 is 10.6 Å². The monoisotopic (exact) mass is 282 g/mol. The van der Waals surface area contributed by atoms with Gasteiger partial charge in [-0.15, -0.1) is 0 Å². The van der Waals surface area contributed by atoms with Crippen LogP contribution in [0.4, 0.5) is 10.5 Å². The van der Waals surface area contributed by atoms with Gasteiger partial charge >= 0.3 is 6.03 Å². The Morgan fingerprint density at radius 1 is 1.47 bits per heavy atom. The number of hydrogen-bond acceptors (Lipinski definition) is 2. The van der Waals surface area contributed by atoms with Crippen molar-refractivity contribution in [3.05, 3.63) is 28.3 Å². The van der Waals surface area contributed by atoms with Gasteiger partial charge in [-0.25, -0.2) is 4.79 Å². The molecule has 1 heterocycles. The largest absolute Gasteiger partial charge is 0.376 e. The molecule has 1 fully saturated rings. The second kappa shape index (κ2) is 6.26. The fourth-order valence-corrected chi connectivity index (χ4v) is 2.61. The summed E-state index contributed by atoms with van der Waals surface area (Å²) >= 11 is 6.14. The van der Waals surface area contributed by atoms with Gasteiger partial charge in [0.05, 0.1) is 16.8 Å². The Morgan fingerprint density at radius 2 is 2.26 bits per heavy atom. The summed E-state index contributed by atoms with van der Waals surface area (Å²) in [5.41, 5.74) is 2.70. The van der Waals surface area contributed by atoms with E-state index in [1.165, 1.54) is 0 Å². The molecular formula is C14H19ClN2O2. The first-order chi connectivity index (χ1) is 9.06.